The molecule has 0 heterocycles. The van der Waals surface area contributed by atoms with Gasteiger partial charge in [-0.05, 0) is 46.8 Å². The van der Waals surface area contributed by atoms with Gasteiger partial charge in [-0.1, -0.05) is 18.2 Å². The van der Waals surface area contributed by atoms with E-state index in [0.29, 0.717) is 6.54 Å². The van der Waals surface area contributed by atoms with Crippen molar-refractivity contribution in [3.8, 4) is 0 Å². The SMILES string of the molecule is CCN(C(=O)C(C)(C)C(=O)NC(C)C)c1ccccc1. The second kappa shape index (κ2) is 6.55. The number of benzene rings is 1. The van der Waals surface area contributed by atoms with Crippen LogP contribution in [0.2, 0.25) is 0 Å². The van der Waals surface area contributed by atoms with E-state index < -0.39 is 5.41 Å². The Morgan fingerprint density at radius 3 is 2.20 bits per heavy atom. The van der Waals surface area contributed by atoms with Crippen LogP contribution in [-0.4, -0.2) is 24.4 Å². The van der Waals surface area contributed by atoms with Crippen molar-refractivity contribution in [2.24, 2.45) is 5.41 Å². The quantitative estimate of drug-likeness (QED) is 0.840. The Morgan fingerprint density at radius 2 is 1.75 bits per heavy atom. The zero-order chi connectivity index (χ0) is 15.3. The summed E-state index contributed by atoms with van der Waals surface area (Å²) in [6.07, 6.45) is 0. The van der Waals surface area contributed by atoms with Crippen LogP contribution in [0.25, 0.3) is 0 Å². The van der Waals surface area contributed by atoms with Gasteiger partial charge in [0.05, 0.1) is 0 Å². The fraction of sp³-hybridized carbons (Fsp3) is 0.500. The molecular weight excluding hydrogens is 252 g/mol. The topological polar surface area (TPSA) is 49.4 Å². The Balaban J connectivity index is 2.99. The van der Waals surface area contributed by atoms with Crippen LogP contribution < -0.4 is 10.2 Å². The maximum Gasteiger partial charge on any atom is 0.242 e. The molecule has 4 heteroatoms. The van der Waals surface area contributed by atoms with Crippen LogP contribution in [-0.2, 0) is 9.59 Å². The number of amides is 2. The smallest absolute Gasteiger partial charge is 0.242 e. The van der Waals surface area contributed by atoms with Gasteiger partial charge in [0.2, 0.25) is 11.8 Å². The summed E-state index contributed by atoms with van der Waals surface area (Å²) in [6, 6.07) is 9.42. The Kier molecular flexibility index (Phi) is 5.31. The van der Waals surface area contributed by atoms with Crippen molar-refractivity contribution in [1.82, 2.24) is 5.32 Å². The number of rotatable bonds is 5. The van der Waals surface area contributed by atoms with Crippen molar-refractivity contribution in [2.45, 2.75) is 40.7 Å². The molecule has 0 aliphatic heterocycles. The lowest BCUT2D eigenvalue weighted by Gasteiger charge is -2.31. The maximum absolute atomic E-state index is 12.7. The zero-order valence-electron chi connectivity index (χ0n) is 12.9. The maximum atomic E-state index is 12.7. The summed E-state index contributed by atoms with van der Waals surface area (Å²) >= 11 is 0. The number of nitrogens with one attached hydrogen (secondary N) is 1. The van der Waals surface area contributed by atoms with Crippen LogP contribution >= 0.6 is 0 Å². The Bertz CT molecular complexity index is 467. The minimum atomic E-state index is -1.09. The average Bonchev–Trinajstić information content (AvgIpc) is 2.39. The summed E-state index contributed by atoms with van der Waals surface area (Å²) in [5, 5.41) is 2.81. The predicted octanol–water partition coefficient (Wildman–Crippen LogP) is 2.59. The zero-order valence-corrected chi connectivity index (χ0v) is 12.9. The molecule has 0 atom stereocenters. The van der Waals surface area contributed by atoms with Gasteiger partial charge in [-0.3, -0.25) is 9.59 Å². The monoisotopic (exact) mass is 276 g/mol. The molecule has 0 aromatic heterocycles. The van der Waals surface area contributed by atoms with E-state index in [1.54, 1.807) is 18.7 Å². The molecule has 0 aliphatic carbocycles. The number of para-hydroxylation sites is 1. The van der Waals surface area contributed by atoms with Crippen molar-refractivity contribution in [2.75, 3.05) is 11.4 Å². The Labute approximate surface area is 121 Å². The van der Waals surface area contributed by atoms with E-state index >= 15 is 0 Å². The standard InChI is InChI=1S/C16H24N2O2/c1-6-18(13-10-8-7-9-11-13)15(20)16(4,5)14(19)17-12(2)3/h7-12H,6H2,1-5H3,(H,17,19). The van der Waals surface area contributed by atoms with Crippen LogP contribution in [0.1, 0.15) is 34.6 Å². The van der Waals surface area contributed by atoms with Gasteiger partial charge in [0.1, 0.15) is 5.41 Å². The molecule has 0 saturated carbocycles. The summed E-state index contributed by atoms with van der Waals surface area (Å²) in [5.74, 6) is -0.434. The lowest BCUT2D eigenvalue weighted by atomic mass is 9.89. The third-order valence-electron chi connectivity index (χ3n) is 3.15. The lowest BCUT2D eigenvalue weighted by Crippen LogP contribution is -2.51. The first kappa shape index (κ1) is 16.2. The summed E-state index contributed by atoms with van der Waals surface area (Å²) < 4.78 is 0. The van der Waals surface area contributed by atoms with Crippen LogP contribution in [0.15, 0.2) is 30.3 Å². The summed E-state index contributed by atoms with van der Waals surface area (Å²) in [5.41, 5.74) is -0.277. The molecule has 0 unspecified atom stereocenters. The molecule has 0 aliphatic rings. The first-order chi connectivity index (χ1) is 9.30. The van der Waals surface area contributed by atoms with Gasteiger partial charge in [-0.25, -0.2) is 0 Å². The number of hydrogen-bond donors (Lipinski definition) is 1. The molecule has 4 nitrogen and oxygen atoms in total. The van der Waals surface area contributed by atoms with E-state index in [4.69, 9.17) is 0 Å². The minimum absolute atomic E-state index is 0.0152. The van der Waals surface area contributed by atoms with Gasteiger partial charge in [-0.2, -0.15) is 0 Å². The molecule has 0 fully saturated rings. The van der Waals surface area contributed by atoms with Gasteiger partial charge in [-0.15, -0.1) is 0 Å². The summed E-state index contributed by atoms with van der Waals surface area (Å²) in [7, 11) is 0. The molecule has 0 spiro atoms. The average molecular weight is 276 g/mol. The first-order valence-electron chi connectivity index (χ1n) is 6.98. The van der Waals surface area contributed by atoms with E-state index in [-0.39, 0.29) is 17.9 Å². The second-order valence-corrected chi connectivity index (χ2v) is 5.64. The summed E-state index contributed by atoms with van der Waals surface area (Å²) in [6.45, 7) is 9.53. The Morgan fingerprint density at radius 1 is 1.20 bits per heavy atom. The summed E-state index contributed by atoms with van der Waals surface area (Å²) in [4.78, 5) is 26.5. The molecule has 20 heavy (non-hydrogen) atoms. The molecule has 1 N–H and O–H groups in total. The molecule has 0 radical (unpaired) electrons. The van der Waals surface area contributed by atoms with E-state index in [2.05, 4.69) is 5.32 Å². The molecule has 1 rings (SSSR count). The lowest BCUT2D eigenvalue weighted by molar-refractivity contribution is -0.140. The number of carbonyl (C=O) groups excluding carboxylic acids is 2. The number of anilines is 1. The van der Waals surface area contributed by atoms with E-state index in [1.165, 1.54) is 0 Å². The predicted molar refractivity (Wildman–Crippen MR) is 81.5 cm³/mol. The van der Waals surface area contributed by atoms with E-state index in [1.807, 2.05) is 51.1 Å². The van der Waals surface area contributed by atoms with Gasteiger partial charge in [0.25, 0.3) is 0 Å². The van der Waals surface area contributed by atoms with Crippen molar-refractivity contribution in [3.05, 3.63) is 30.3 Å². The molecule has 110 valence electrons. The third kappa shape index (κ3) is 3.59. The number of hydrogen-bond acceptors (Lipinski definition) is 2. The first-order valence-corrected chi connectivity index (χ1v) is 6.98. The third-order valence-corrected chi connectivity index (χ3v) is 3.15. The van der Waals surface area contributed by atoms with Crippen LogP contribution in [0.5, 0.6) is 0 Å². The highest BCUT2D eigenvalue weighted by Gasteiger charge is 2.39. The molecule has 0 bridgehead atoms. The molecule has 1 aromatic rings. The van der Waals surface area contributed by atoms with Crippen molar-refractivity contribution >= 4 is 17.5 Å². The fourth-order valence-electron chi connectivity index (χ4n) is 1.93. The highest BCUT2D eigenvalue weighted by atomic mass is 16.2. The highest BCUT2D eigenvalue weighted by molar-refractivity contribution is 6.11. The highest BCUT2D eigenvalue weighted by Crippen LogP contribution is 2.24. The normalized spacial score (nSPS) is 11.3. The van der Waals surface area contributed by atoms with Crippen LogP contribution in [0, 0.1) is 5.41 Å². The van der Waals surface area contributed by atoms with E-state index in [9.17, 15) is 9.59 Å². The second-order valence-electron chi connectivity index (χ2n) is 5.64. The van der Waals surface area contributed by atoms with Gasteiger partial charge < -0.3 is 10.2 Å². The molecular formula is C16H24N2O2. The Hall–Kier alpha value is -1.84. The van der Waals surface area contributed by atoms with Crippen molar-refractivity contribution in [1.29, 1.82) is 0 Å². The van der Waals surface area contributed by atoms with Gasteiger partial charge >= 0.3 is 0 Å². The number of carbonyl (C=O) groups is 2. The van der Waals surface area contributed by atoms with E-state index in [0.717, 1.165) is 5.69 Å². The molecule has 1 aromatic carbocycles. The molecule has 2 amide bonds. The van der Waals surface area contributed by atoms with Crippen LogP contribution in [0.3, 0.4) is 0 Å². The van der Waals surface area contributed by atoms with Crippen LogP contribution in [0.4, 0.5) is 5.69 Å². The van der Waals surface area contributed by atoms with Gasteiger partial charge in [0, 0.05) is 18.3 Å². The fourth-order valence-corrected chi connectivity index (χ4v) is 1.93. The molecule has 0 saturated heterocycles. The van der Waals surface area contributed by atoms with Crippen molar-refractivity contribution in [3.63, 3.8) is 0 Å². The van der Waals surface area contributed by atoms with Crippen molar-refractivity contribution < 1.29 is 9.59 Å². The number of nitrogens with zero attached hydrogens (tertiary/aromatic N) is 1. The minimum Gasteiger partial charge on any atom is -0.353 e. The largest absolute Gasteiger partial charge is 0.353 e. The van der Waals surface area contributed by atoms with Gasteiger partial charge in [0.15, 0.2) is 0 Å².